The van der Waals surface area contributed by atoms with Crippen LogP contribution in [0.25, 0.3) is 0 Å². The molecule has 0 atom stereocenters. The second-order valence-electron chi connectivity index (χ2n) is 7.00. The van der Waals surface area contributed by atoms with E-state index in [9.17, 15) is 18.0 Å². The third-order valence-corrected chi connectivity index (χ3v) is 7.14. The largest absolute Gasteiger partial charge is 0.341 e. The number of rotatable bonds is 9. The van der Waals surface area contributed by atoms with Crippen molar-refractivity contribution in [2.75, 3.05) is 20.6 Å². The van der Waals surface area contributed by atoms with Gasteiger partial charge in [-0.05, 0) is 43.2 Å². The highest BCUT2D eigenvalue weighted by molar-refractivity contribution is 7.89. The monoisotopic (exact) mass is 470 g/mol. The SMILES string of the molecule is CC(=O)c1ccc(S(=O)(=O)N(C)CCCC(=O)N(C)Cc2ccc(Cl)cc2Cl)cc1. The molecule has 0 bridgehead atoms. The number of hydrogen-bond donors (Lipinski definition) is 0. The van der Waals surface area contributed by atoms with Gasteiger partial charge in [0.15, 0.2) is 5.78 Å². The molecular formula is C21H24Cl2N2O4S. The van der Waals surface area contributed by atoms with Crippen molar-refractivity contribution in [3.8, 4) is 0 Å². The summed E-state index contributed by atoms with van der Waals surface area (Å²) in [4.78, 5) is 25.4. The van der Waals surface area contributed by atoms with Gasteiger partial charge in [0.1, 0.15) is 0 Å². The quantitative estimate of drug-likeness (QED) is 0.513. The number of ketones is 1. The van der Waals surface area contributed by atoms with E-state index in [0.29, 0.717) is 28.6 Å². The van der Waals surface area contributed by atoms with Crippen molar-refractivity contribution in [2.45, 2.75) is 31.2 Å². The molecule has 6 nitrogen and oxygen atoms in total. The zero-order valence-corrected chi connectivity index (χ0v) is 19.4. The fourth-order valence-electron chi connectivity index (χ4n) is 2.80. The van der Waals surface area contributed by atoms with Gasteiger partial charge in [-0.1, -0.05) is 41.4 Å². The average molecular weight is 471 g/mol. The first kappa shape index (κ1) is 24.3. The van der Waals surface area contributed by atoms with Gasteiger partial charge >= 0.3 is 0 Å². The smallest absolute Gasteiger partial charge is 0.242 e. The summed E-state index contributed by atoms with van der Waals surface area (Å²) in [6, 6.07) is 10.9. The van der Waals surface area contributed by atoms with E-state index in [-0.39, 0.29) is 29.6 Å². The van der Waals surface area contributed by atoms with Crippen molar-refractivity contribution in [3.63, 3.8) is 0 Å². The fraction of sp³-hybridized carbons (Fsp3) is 0.333. The minimum absolute atomic E-state index is 0.107. The van der Waals surface area contributed by atoms with Crippen molar-refractivity contribution in [1.29, 1.82) is 0 Å². The van der Waals surface area contributed by atoms with Crippen LogP contribution in [0.1, 0.15) is 35.7 Å². The van der Waals surface area contributed by atoms with E-state index in [0.717, 1.165) is 5.56 Å². The molecule has 0 saturated heterocycles. The van der Waals surface area contributed by atoms with Crippen molar-refractivity contribution >= 4 is 44.9 Å². The number of benzene rings is 2. The second kappa shape index (κ2) is 10.4. The van der Waals surface area contributed by atoms with Gasteiger partial charge in [-0.15, -0.1) is 0 Å². The zero-order chi connectivity index (χ0) is 22.5. The van der Waals surface area contributed by atoms with Gasteiger partial charge in [0.05, 0.1) is 4.90 Å². The first-order valence-electron chi connectivity index (χ1n) is 9.27. The minimum Gasteiger partial charge on any atom is -0.341 e. The Balaban J connectivity index is 1.89. The van der Waals surface area contributed by atoms with Gasteiger partial charge in [0, 0.05) is 49.2 Å². The molecule has 2 aromatic rings. The third kappa shape index (κ3) is 6.28. The van der Waals surface area contributed by atoms with E-state index in [4.69, 9.17) is 23.2 Å². The van der Waals surface area contributed by atoms with Gasteiger partial charge in [0.2, 0.25) is 15.9 Å². The summed E-state index contributed by atoms with van der Waals surface area (Å²) in [5, 5.41) is 1.02. The van der Waals surface area contributed by atoms with E-state index in [1.165, 1.54) is 42.5 Å². The van der Waals surface area contributed by atoms with Gasteiger partial charge in [0.25, 0.3) is 0 Å². The minimum atomic E-state index is -3.69. The average Bonchev–Trinajstić information content (AvgIpc) is 2.69. The van der Waals surface area contributed by atoms with Gasteiger partial charge in [-0.3, -0.25) is 9.59 Å². The normalized spacial score (nSPS) is 11.5. The Morgan fingerprint density at radius 3 is 2.20 bits per heavy atom. The number of nitrogens with zero attached hydrogens (tertiary/aromatic N) is 2. The number of amides is 1. The molecule has 0 radical (unpaired) electrons. The Morgan fingerprint density at radius 2 is 1.63 bits per heavy atom. The summed E-state index contributed by atoms with van der Waals surface area (Å²) in [5.41, 5.74) is 1.23. The van der Waals surface area contributed by atoms with E-state index >= 15 is 0 Å². The lowest BCUT2D eigenvalue weighted by Gasteiger charge is -2.20. The summed E-state index contributed by atoms with van der Waals surface area (Å²) >= 11 is 12.0. The molecule has 30 heavy (non-hydrogen) atoms. The fourth-order valence-corrected chi connectivity index (χ4v) is 4.48. The third-order valence-electron chi connectivity index (χ3n) is 4.68. The first-order valence-corrected chi connectivity index (χ1v) is 11.5. The number of carbonyl (C=O) groups excluding carboxylic acids is 2. The van der Waals surface area contributed by atoms with E-state index in [2.05, 4.69) is 0 Å². The highest BCUT2D eigenvalue weighted by Crippen LogP contribution is 2.22. The van der Waals surface area contributed by atoms with Crippen LogP contribution in [0, 0.1) is 0 Å². The molecule has 0 aromatic heterocycles. The maximum Gasteiger partial charge on any atom is 0.242 e. The molecule has 2 rings (SSSR count). The molecule has 0 heterocycles. The van der Waals surface area contributed by atoms with Crippen LogP contribution in [-0.4, -0.2) is 50.0 Å². The first-order chi connectivity index (χ1) is 14.0. The Bertz CT molecular complexity index is 1020. The van der Waals surface area contributed by atoms with Crippen LogP contribution < -0.4 is 0 Å². The molecule has 0 aliphatic carbocycles. The molecule has 162 valence electrons. The summed E-state index contributed by atoms with van der Waals surface area (Å²) in [6.45, 7) is 1.95. The van der Waals surface area contributed by atoms with Gasteiger partial charge in [-0.25, -0.2) is 12.7 Å². The summed E-state index contributed by atoms with van der Waals surface area (Å²) in [5.74, 6) is -0.243. The lowest BCUT2D eigenvalue weighted by molar-refractivity contribution is -0.130. The lowest BCUT2D eigenvalue weighted by atomic mass is 10.2. The number of Topliss-reactive ketones (excluding diaryl/α,β-unsaturated/α-hetero) is 1. The van der Waals surface area contributed by atoms with Crippen LogP contribution >= 0.6 is 23.2 Å². The van der Waals surface area contributed by atoms with E-state index in [1.807, 2.05) is 0 Å². The van der Waals surface area contributed by atoms with Crippen molar-refractivity contribution in [3.05, 3.63) is 63.6 Å². The van der Waals surface area contributed by atoms with Crippen molar-refractivity contribution in [2.24, 2.45) is 0 Å². The van der Waals surface area contributed by atoms with Crippen LogP contribution in [-0.2, 0) is 21.4 Å². The number of halogens is 2. The Morgan fingerprint density at radius 1 is 1.00 bits per heavy atom. The number of hydrogen-bond acceptors (Lipinski definition) is 4. The topological polar surface area (TPSA) is 74.8 Å². The molecule has 2 aromatic carbocycles. The predicted octanol–water partition coefficient (Wildman–Crippen LogP) is 4.26. The van der Waals surface area contributed by atoms with Gasteiger partial charge < -0.3 is 4.90 Å². The summed E-state index contributed by atoms with van der Waals surface area (Å²) < 4.78 is 26.5. The van der Waals surface area contributed by atoms with Crippen molar-refractivity contribution < 1.29 is 18.0 Å². The molecule has 0 fully saturated rings. The van der Waals surface area contributed by atoms with Crippen LogP contribution in [0.15, 0.2) is 47.4 Å². The maximum atomic E-state index is 12.6. The number of carbonyl (C=O) groups is 2. The summed E-state index contributed by atoms with van der Waals surface area (Å²) in [7, 11) is -0.552. The van der Waals surface area contributed by atoms with Gasteiger partial charge in [-0.2, -0.15) is 0 Å². The molecule has 0 spiro atoms. The molecule has 9 heteroatoms. The second-order valence-corrected chi connectivity index (χ2v) is 9.88. The van der Waals surface area contributed by atoms with E-state index < -0.39 is 10.0 Å². The standard InChI is InChI=1S/C21H24Cl2N2O4S/c1-15(26)16-7-10-19(11-8-16)30(28,29)25(3)12-4-5-21(27)24(2)14-17-6-9-18(22)13-20(17)23/h6-11,13H,4-5,12,14H2,1-3H3. The van der Waals surface area contributed by atoms with Crippen LogP contribution in [0.3, 0.4) is 0 Å². The lowest BCUT2D eigenvalue weighted by Crippen LogP contribution is -2.30. The molecule has 0 aliphatic rings. The maximum absolute atomic E-state index is 12.6. The summed E-state index contributed by atoms with van der Waals surface area (Å²) in [6.07, 6.45) is 0.573. The molecule has 1 amide bonds. The van der Waals surface area contributed by atoms with E-state index in [1.54, 1.807) is 30.1 Å². The number of sulfonamides is 1. The highest BCUT2D eigenvalue weighted by Gasteiger charge is 2.21. The van der Waals surface area contributed by atoms with Crippen LogP contribution in [0.2, 0.25) is 10.0 Å². The molecule has 0 unspecified atom stereocenters. The Kier molecular flexibility index (Phi) is 8.43. The Hall–Kier alpha value is -1.93. The zero-order valence-electron chi connectivity index (χ0n) is 17.1. The van der Waals surface area contributed by atoms with Crippen LogP contribution in [0.5, 0.6) is 0 Å². The molecule has 0 saturated carbocycles. The Labute approximate surface area is 187 Å². The van der Waals surface area contributed by atoms with Crippen LogP contribution in [0.4, 0.5) is 0 Å². The molecule has 0 aliphatic heterocycles. The van der Waals surface area contributed by atoms with Crippen molar-refractivity contribution in [1.82, 2.24) is 9.21 Å². The predicted molar refractivity (Wildman–Crippen MR) is 118 cm³/mol. The molecule has 0 N–H and O–H groups in total. The highest BCUT2D eigenvalue weighted by atomic mass is 35.5. The molecular weight excluding hydrogens is 447 g/mol.